The quantitative estimate of drug-likeness (QED) is 0.825. The van der Waals surface area contributed by atoms with Crippen molar-refractivity contribution < 1.29 is 8.78 Å². The number of rotatable bonds is 2. The summed E-state index contributed by atoms with van der Waals surface area (Å²) in [6.45, 7) is 0.841. The number of nitrogens with one attached hydrogen (secondary N) is 2. The Labute approximate surface area is 135 Å². The van der Waals surface area contributed by atoms with E-state index in [9.17, 15) is 13.6 Å². The molecule has 3 rings (SSSR count). The number of fused-ring (bicyclic) bond motifs is 1. The summed E-state index contributed by atoms with van der Waals surface area (Å²) in [5, 5.41) is 8.72. The summed E-state index contributed by atoms with van der Waals surface area (Å²) in [5.41, 5.74) is 0.841. The monoisotopic (exact) mass is 334 g/mol. The van der Waals surface area contributed by atoms with E-state index in [-0.39, 0.29) is 34.5 Å². The number of nitrogens with zero attached hydrogens (tertiary/aromatic N) is 2. The number of halogens is 2. The first-order valence-electron chi connectivity index (χ1n) is 6.92. The standard InChI is InChI=1S/C15H12F2N4OS/c16-11-3-8(5-18)4-12(17)9(11)6-21-2-1-13-10(7-21)14(22)20-15(23)19-13/h3-4H,1-2,6-7H2,(H2,19,20,22,23). The molecule has 0 aliphatic carbocycles. The first-order valence-corrected chi connectivity index (χ1v) is 7.33. The van der Waals surface area contributed by atoms with E-state index in [0.29, 0.717) is 18.5 Å². The Kier molecular flexibility index (Phi) is 4.07. The lowest BCUT2D eigenvalue weighted by Gasteiger charge is -2.28. The third-order valence-electron chi connectivity index (χ3n) is 3.84. The predicted octanol–water partition coefficient (Wildman–Crippen LogP) is 2.14. The maximum Gasteiger partial charge on any atom is 0.256 e. The molecule has 1 aliphatic heterocycles. The highest BCUT2D eigenvalue weighted by Crippen LogP contribution is 2.21. The molecule has 0 amide bonds. The van der Waals surface area contributed by atoms with Gasteiger partial charge in [0.2, 0.25) is 0 Å². The van der Waals surface area contributed by atoms with Gasteiger partial charge in [-0.15, -0.1) is 0 Å². The summed E-state index contributed by atoms with van der Waals surface area (Å²) in [6, 6.07) is 3.74. The topological polar surface area (TPSA) is 75.7 Å². The number of hydrogen-bond acceptors (Lipinski definition) is 4. The fraction of sp³-hybridized carbons (Fsp3) is 0.267. The van der Waals surface area contributed by atoms with Crippen LogP contribution in [0.4, 0.5) is 8.78 Å². The summed E-state index contributed by atoms with van der Waals surface area (Å²) in [6.07, 6.45) is 0.544. The normalized spacial score (nSPS) is 14.3. The van der Waals surface area contributed by atoms with Crippen LogP contribution in [0.2, 0.25) is 0 Å². The first kappa shape index (κ1) is 15.5. The van der Waals surface area contributed by atoms with Crippen molar-refractivity contribution in [2.75, 3.05) is 6.54 Å². The van der Waals surface area contributed by atoms with Crippen LogP contribution >= 0.6 is 12.2 Å². The van der Waals surface area contributed by atoms with Crippen LogP contribution in [0, 0.1) is 27.7 Å². The van der Waals surface area contributed by atoms with Crippen molar-refractivity contribution in [3.63, 3.8) is 0 Å². The fourth-order valence-electron chi connectivity index (χ4n) is 2.69. The van der Waals surface area contributed by atoms with Gasteiger partial charge in [-0.05, 0) is 24.4 Å². The van der Waals surface area contributed by atoms with E-state index >= 15 is 0 Å². The zero-order chi connectivity index (χ0) is 16.6. The molecule has 118 valence electrons. The van der Waals surface area contributed by atoms with Gasteiger partial charge in [0.15, 0.2) is 4.77 Å². The van der Waals surface area contributed by atoms with Gasteiger partial charge in [0, 0.05) is 37.3 Å². The minimum atomic E-state index is -0.756. The average Bonchev–Trinajstić information content (AvgIpc) is 2.51. The molecular weight excluding hydrogens is 322 g/mol. The maximum atomic E-state index is 14.0. The van der Waals surface area contributed by atoms with Gasteiger partial charge in [-0.2, -0.15) is 5.26 Å². The Bertz CT molecular complexity index is 905. The molecule has 1 aromatic carbocycles. The van der Waals surface area contributed by atoms with E-state index < -0.39 is 11.6 Å². The molecular formula is C15H12F2N4OS. The van der Waals surface area contributed by atoms with Crippen LogP contribution in [0.15, 0.2) is 16.9 Å². The molecule has 2 aromatic rings. The van der Waals surface area contributed by atoms with Crippen LogP contribution in [0.1, 0.15) is 22.4 Å². The Hall–Kier alpha value is -2.37. The number of benzene rings is 1. The van der Waals surface area contributed by atoms with Crippen molar-refractivity contribution >= 4 is 12.2 Å². The van der Waals surface area contributed by atoms with Gasteiger partial charge in [-0.1, -0.05) is 0 Å². The molecule has 0 spiro atoms. The zero-order valence-corrected chi connectivity index (χ0v) is 12.8. The van der Waals surface area contributed by atoms with Crippen LogP contribution in [0.5, 0.6) is 0 Å². The smallest absolute Gasteiger partial charge is 0.256 e. The van der Waals surface area contributed by atoms with Crippen molar-refractivity contribution in [2.24, 2.45) is 0 Å². The minimum Gasteiger partial charge on any atom is -0.335 e. The van der Waals surface area contributed by atoms with Gasteiger partial charge in [0.1, 0.15) is 11.6 Å². The molecule has 1 aromatic heterocycles. The van der Waals surface area contributed by atoms with E-state index in [1.807, 2.05) is 0 Å². The second-order valence-corrected chi connectivity index (χ2v) is 5.76. The Morgan fingerprint density at radius 3 is 2.65 bits per heavy atom. The largest absolute Gasteiger partial charge is 0.335 e. The molecule has 0 atom stereocenters. The van der Waals surface area contributed by atoms with E-state index in [1.54, 1.807) is 11.0 Å². The molecule has 2 heterocycles. The van der Waals surface area contributed by atoms with Crippen molar-refractivity contribution in [1.29, 1.82) is 5.26 Å². The second-order valence-electron chi connectivity index (χ2n) is 5.36. The Morgan fingerprint density at radius 2 is 2.00 bits per heavy atom. The third-order valence-corrected chi connectivity index (χ3v) is 4.05. The van der Waals surface area contributed by atoms with E-state index in [4.69, 9.17) is 17.5 Å². The summed E-state index contributed by atoms with van der Waals surface area (Å²) >= 11 is 4.93. The molecule has 0 unspecified atom stereocenters. The van der Waals surface area contributed by atoms with Gasteiger partial charge >= 0.3 is 0 Å². The number of aromatic nitrogens is 2. The summed E-state index contributed by atoms with van der Waals surface area (Å²) in [7, 11) is 0. The van der Waals surface area contributed by atoms with Crippen molar-refractivity contribution in [2.45, 2.75) is 19.5 Å². The first-order chi connectivity index (χ1) is 11.0. The van der Waals surface area contributed by atoms with E-state index in [1.165, 1.54) is 0 Å². The van der Waals surface area contributed by atoms with Gasteiger partial charge in [0.05, 0.1) is 17.2 Å². The molecule has 0 radical (unpaired) electrons. The highest BCUT2D eigenvalue weighted by Gasteiger charge is 2.22. The molecule has 5 nitrogen and oxygen atoms in total. The molecule has 0 saturated heterocycles. The highest BCUT2D eigenvalue weighted by atomic mass is 32.1. The summed E-state index contributed by atoms with van der Waals surface area (Å²) in [5.74, 6) is -1.51. The predicted molar refractivity (Wildman–Crippen MR) is 81.1 cm³/mol. The molecule has 2 N–H and O–H groups in total. The number of hydrogen-bond donors (Lipinski definition) is 2. The van der Waals surface area contributed by atoms with Crippen LogP contribution in [-0.2, 0) is 19.5 Å². The van der Waals surface area contributed by atoms with Gasteiger partial charge < -0.3 is 4.98 Å². The minimum absolute atomic E-state index is 0.0257. The van der Waals surface area contributed by atoms with Crippen molar-refractivity contribution in [3.8, 4) is 6.07 Å². The van der Waals surface area contributed by atoms with Crippen LogP contribution in [0.25, 0.3) is 0 Å². The van der Waals surface area contributed by atoms with Crippen molar-refractivity contribution in [1.82, 2.24) is 14.9 Å². The van der Waals surface area contributed by atoms with Gasteiger partial charge in [-0.25, -0.2) is 8.78 Å². The van der Waals surface area contributed by atoms with Crippen molar-refractivity contribution in [3.05, 3.63) is 61.3 Å². The summed E-state index contributed by atoms with van der Waals surface area (Å²) < 4.78 is 28.2. The summed E-state index contributed by atoms with van der Waals surface area (Å²) in [4.78, 5) is 19.2. The van der Waals surface area contributed by atoms with E-state index in [2.05, 4.69) is 9.97 Å². The maximum absolute atomic E-state index is 14.0. The lowest BCUT2D eigenvalue weighted by atomic mass is 10.0. The molecule has 8 heteroatoms. The third kappa shape index (κ3) is 3.06. The number of H-pyrrole nitrogens is 2. The number of aromatic amines is 2. The molecule has 23 heavy (non-hydrogen) atoms. The molecule has 0 bridgehead atoms. The van der Waals surface area contributed by atoms with Crippen LogP contribution in [0.3, 0.4) is 0 Å². The van der Waals surface area contributed by atoms with Crippen LogP contribution < -0.4 is 5.56 Å². The average molecular weight is 334 g/mol. The Balaban J connectivity index is 1.88. The highest BCUT2D eigenvalue weighted by molar-refractivity contribution is 7.71. The fourth-order valence-corrected chi connectivity index (χ4v) is 2.91. The molecule has 0 fully saturated rings. The number of nitriles is 1. The second kappa shape index (κ2) is 6.02. The lowest BCUT2D eigenvalue weighted by Crippen LogP contribution is -2.35. The molecule has 1 aliphatic rings. The van der Waals surface area contributed by atoms with Crippen LogP contribution in [-0.4, -0.2) is 21.4 Å². The van der Waals surface area contributed by atoms with Gasteiger partial charge in [0.25, 0.3) is 5.56 Å². The van der Waals surface area contributed by atoms with Gasteiger partial charge in [-0.3, -0.25) is 14.7 Å². The Morgan fingerprint density at radius 1 is 1.30 bits per heavy atom. The zero-order valence-electron chi connectivity index (χ0n) is 11.9. The molecule has 0 saturated carbocycles. The van der Waals surface area contributed by atoms with E-state index in [0.717, 1.165) is 17.8 Å². The lowest BCUT2D eigenvalue weighted by molar-refractivity contribution is 0.234. The SMILES string of the molecule is N#Cc1cc(F)c(CN2CCc3[nH]c(=S)[nH]c(=O)c3C2)c(F)c1.